The number of carboxylic acids is 2. The molecule has 0 aliphatic carbocycles. The number of nitrogens with zero attached hydrogens (tertiary/aromatic N) is 2. The van der Waals surface area contributed by atoms with Crippen LogP contribution in [-0.2, 0) is 26.3 Å². The number of anilines is 2. The van der Waals surface area contributed by atoms with Crippen LogP contribution in [0, 0.1) is 0 Å². The molecule has 2 aliphatic rings. The number of carbonyl (C=O) groups excluding carboxylic acids is 1. The van der Waals surface area contributed by atoms with Crippen LogP contribution in [0.3, 0.4) is 0 Å². The molecule has 7 N–H and O–H groups in total. The minimum atomic E-state index is -1.32. The Balaban J connectivity index is 1.40. The van der Waals surface area contributed by atoms with E-state index in [0.29, 0.717) is 17.6 Å². The van der Waals surface area contributed by atoms with Gasteiger partial charge in [0.05, 0.1) is 5.56 Å². The highest BCUT2D eigenvalue weighted by Gasteiger charge is 2.65. The van der Waals surface area contributed by atoms with Gasteiger partial charge in [0.1, 0.15) is 11.6 Å². The van der Waals surface area contributed by atoms with E-state index >= 15 is 0 Å². The number of aliphatic carboxylic acids is 2. The molecule has 0 bridgehead atoms. The molecule has 0 radical (unpaired) electrons. The number of fused-ring (bicyclic) bond motifs is 3. The van der Waals surface area contributed by atoms with Crippen LogP contribution in [0.2, 0.25) is 0 Å². The van der Waals surface area contributed by atoms with Crippen molar-refractivity contribution in [1.82, 2.24) is 15.0 Å². The summed E-state index contributed by atoms with van der Waals surface area (Å²) in [5, 5.41) is 33.1. The van der Waals surface area contributed by atoms with Crippen molar-refractivity contribution in [2.75, 3.05) is 11.1 Å². The number of hydrogen-bond donors (Lipinski definition) is 6. The summed E-state index contributed by atoms with van der Waals surface area (Å²) in [6, 6.07) is 5.10. The fourth-order valence-corrected chi connectivity index (χ4v) is 3.91. The predicted molar refractivity (Wildman–Crippen MR) is 111 cm³/mol. The van der Waals surface area contributed by atoms with Gasteiger partial charge in [0, 0.05) is 12.0 Å². The van der Waals surface area contributed by atoms with Crippen molar-refractivity contribution in [1.29, 1.82) is 0 Å². The Labute approximate surface area is 185 Å². The van der Waals surface area contributed by atoms with Gasteiger partial charge < -0.3 is 36.5 Å². The molecule has 33 heavy (non-hydrogen) atoms. The van der Waals surface area contributed by atoms with Gasteiger partial charge in [-0.3, -0.25) is 14.4 Å². The molecule has 1 fully saturated rings. The Morgan fingerprint density at radius 3 is 2.61 bits per heavy atom. The number of hydrogen-bond acceptors (Lipinski definition) is 9. The van der Waals surface area contributed by atoms with Gasteiger partial charge in [0.15, 0.2) is 12.0 Å². The molecule has 1 saturated heterocycles. The first-order valence-corrected chi connectivity index (χ1v) is 10.0. The maximum atomic E-state index is 12.3. The van der Waals surface area contributed by atoms with Crippen molar-refractivity contribution in [2.24, 2.45) is 0 Å². The van der Waals surface area contributed by atoms with E-state index in [-0.39, 0.29) is 35.7 Å². The number of nitrogen functional groups attached to an aromatic ring is 1. The Morgan fingerprint density at radius 1 is 1.27 bits per heavy atom. The summed E-state index contributed by atoms with van der Waals surface area (Å²) in [5.74, 6) is -3.28. The number of aryl methyl sites for hydroxylation is 1. The maximum absolute atomic E-state index is 12.3. The Morgan fingerprint density at radius 2 is 1.97 bits per heavy atom. The fourth-order valence-electron chi connectivity index (χ4n) is 3.91. The zero-order chi connectivity index (χ0) is 23.9. The second-order valence-electron chi connectivity index (χ2n) is 7.84. The van der Waals surface area contributed by atoms with Crippen molar-refractivity contribution < 1.29 is 34.5 Å². The zero-order valence-electron chi connectivity index (χ0n) is 17.1. The predicted octanol–water partition coefficient (Wildman–Crippen LogP) is -0.279. The standard InChI is InChI=1S/C20H21N5O8/c21-19-24-16(29)13-14(25(19)32)23-18-20(13,33-18)8-7-9-1-3-10(4-2-9)15(28)22-11(17(30)31)5-6-12(26)27/h1-4,11,18,23,32H,5-8H2,(H,22,28)(H,26,27)(H,30,31)(H2,21,24,29). The molecule has 1 aromatic heterocycles. The molecule has 2 aromatic rings. The molecule has 3 heterocycles. The van der Waals surface area contributed by atoms with Gasteiger partial charge in [-0.1, -0.05) is 12.1 Å². The van der Waals surface area contributed by atoms with E-state index in [9.17, 15) is 29.5 Å². The summed E-state index contributed by atoms with van der Waals surface area (Å²) < 4.78 is 6.27. The number of rotatable bonds is 9. The lowest BCUT2D eigenvalue weighted by atomic mass is 9.94. The second-order valence-corrected chi connectivity index (χ2v) is 7.84. The maximum Gasteiger partial charge on any atom is 0.326 e. The van der Waals surface area contributed by atoms with E-state index in [1.807, 2.05) is 0 Å². The first-order chi connectivity index (χ1) is 15.6. The van der Waals surface area contributed by atoms with Crippen LogP contribution in [0.15, 0.2) is 29.1 Å². The molecule has 4 rings (SSSR count). The minimum Gasteiger partial charge on any atom is -0.481 e. The molecule has 3 unspecified atom stereocenters. The lowest BCUT2D eigenvalue weighted by Crippen LogP contribution is -2.41. The van der Waals surface area contributed by atoms with Crippen molar-refractivity contribution in [3.8, 4) is 0 Å². The first-order valence-electron chi connectivity index (χ1n) is 10.0. The lowest BCUT2D eigenvalue weighted by molar-refractivity contribution is -0.140. The van der Waals surface area contributed by atoms with Gasteiger partial charge in [-0.15, -0.1) is 4.73 Å². The summed E-state index contributed by atoms with van der Waals surface area (Å²) in [5.41, 5.74) is 5.26. The number of aromatic nitrogens is 2. The molecule has 13 nitrogen and oxygen atoms in total. The number of nitrogens with two attached hydrogens (primary N) is 1. The third-order valence-corrected chi connectivity index (χ3v) is 5.73. The van der Waals surface area contributed by atoms with Crippen LogP contribution >= 0.6 is 0 Å². The quantitative estimate of drug-likeness (QED) is 0.212. The Bertz CT molecular complexity index is 1190. The zero-order valence-corrected chi connectivity index (χ0v) is 17.1. The summed E-state index contributed by atoms with van der Waals surface area (Å²) in [6.45, 7) is 0. The van der Waals surface area contributed by atoms with Crippen molar-refractivity contribution in [2.45, 2.75) is 43.6 Å². The highest BCUT2D eigenvalue weighted by molar-refractivity contribution is 5.96. The average Bonchev–Trinajstić information content (AvgIpc) is 3.36. The molecule has 174 valence electrons. The molecule has 0 saturated carbocycles. The number of carboxylic acid groups (broad SMARTS) is 2. The Kier molecular flexibility index (Phi) is 5.41. The molecular weight excluding hydrogens is 438 g/mol. The molecule has 3 atom stereocenters. The highest BCUT2D eigenvalue weighted by atomic mass is 16.6. The van der Waals surface area contributed by atoms with E-state index in [4.69, 9.17) is 15.6 Å². The van der Waals surface area contributed by atoms with Crippen LogP contribution in [0.5, 0.6) is 0 Å². The van der Waals surface area contributed by atoms with E-state index in [1.54, 1.807) is 12.1 Å². The van der Waals surface area contributed by atoms with E-state index in [1.165, 1.54) is 12.1 Å². The average molecular weight is 459 g/mol. The number of amides is 1. The van der Waals surface area contributed by atoms with Gasteiger partial charge in [0.25, 0.3) is 11.5 Å². The highest BCUT2D eigenvalue weighted by Crippen LogP contribution is 2.55. The third-order valence-electron chi connectivity index (χ3n) is 5.73. The summed E-state index contributed by atoms with van der Waals surface area (Å²) in [4.78, 5) is 50.2. The molecular formula is C20H21N5O8. The van der Waals surface area contributed by atoms with E-state index in [0.717, 1.165) is 5.56 Å². The van der Waals surface area contributed by atoms with Crippen LogP contribution < -0.4 is 21.9 Å². The molecule has 13 heteroatoms. The van der Waals surface area contributed by atoms with Crippen molar-refractivity contribution in [3.63, 3.8) is 0 Å². The van der Waals surface area contributed by atoms with Gasteiger partial charge in [-0.25, -0.2) is 4.79 Å². The second kappa shape index (κ2) is 8.09. The van der Waals surface area contributed by atoms with Crippen molar-refractivity contribution >= 4 is 29.6 Å². The SMILES string of the molecule is Nc1nc(=O)c2c(n1O)NC1OC21CCc1ccc(C(=O)NC(CCC(=O)O)C(=O)O)cc1. The summed E-state index contributed by atoms with van der Waals surface area (Å²) in [7, 11) is 0. The molecule has 1 amide bonds. The number of benzene rings is 1. The van der Waals surface area contributed by atoms with Gasteiger partial charge >= 0.3 is 11.9 Å². The van der Waals surface area contributed by atoms with Crippen LogP contribution in [0.4, 0.5) is 11.8 Å². The Hall–Kier alpha value is -4.13. The first kappa shape index (κ1) is 22.1. The third kappa shape index (κ3) is 4.05. The van der Waals surface area contributed by atoms with E-state index in [2.05, 4.69) is 15.6 Å². The molecule has 0 spiro atoms. The van der Waals surface area contributed by atoms with Gasteiger partial charge in [-0.2, -0.15) is 4.98 Å². The summed E-state index contributed by atoms with van der Waals surface area (Å²) in [6.07, 6.45) is -0.219. The van der Waals surface area contributed by atoms with Crippen molar-refractivity contribution in [3.05, 3.63) is 51.3 Å². The molecule has 2 aliphatic heterocycles. The number of ether oxygens (including phenoxy) is 1. The topological polar surface area (TPSA) is 209 Å². The number of epoxide rings is 1. The minimum absolute atomic E-state index is 0.159. The normalized spacial score (nSPS) is 20.8. The van der Waals surface area contributed by atoms with Gasteiger partial charge in [0.2, 0.25) is 5.95 Å². The number of nitrogens with one attached hydrogen (secondary N) is 2. The lowest BCUT2D eigenvalue weighted by Gasteiger charge is -2.14. The monoisotopic (exact) mass is 459 g/mol. The number of carbonyl (C=O) groups is 3. The molecule has 1 aromatic carbocycles. The van der Waals surface area contributed by atoms with E-state index < -0.39 is 41.3 Å². The van der Waals surface area contributed by atoms with Crippen LogP contribution in [0.25, 0.3) is 0 Å². The fraction of sp³-hybridized carbons (Fsp3) is 0.350. The smallest absolute Gasteiger partial charge is 0.326 e. The largest absolute Gasteiger partial charge is 0.481 e. The summed E-state index contributed by atoms with van der Waals surface area (Å²) >= 11 is 0. The van der Waals surface area contributed by atoms with Crippen LogP contribution in [0.1, 0.15) is 40.7 Å². The van der Waals surface area contributed by atoms with Crippen LogP contribution in [-0.4, -0.2) is 55.3 Å². The van der Waals surface area contributed by atoms with Gasteiger partial charge in [-0.05, 0) is 37.0 Å².